The van der Waals surface area contributed by atoms with Gasteiger partial charge in [-0.2, -0.15) is 0 Å². The summed E-state index contributed by atoms with van der Waals surface area (Å²) in [7, 11) is 0. The largest absolute Gasteiger partial charge is 0.396 e. The molecule has 0 aromatic rings. The Morgan fingerprint density at radius 3 is 2.46 bits per heavy atom. The SMILES string of the molecule is CC1=C(C)CC(CCCO)C(C)C1. The van der Waals surface area contributed by atoms with Crippen molar-refractivity contribution >= 4 is 0 Å². The fourth-order valence-electron chi connectivity index (χ4n) is 2.33. The first-order valence-corrected chi connectivity index (χ1v) is 5.41. The molecule has 1 N–H and O–H groups in total. The van der Waals surface area contributed by atoms with Gasteiger partial charge in [0.2, 0.25) is 0 Å². The van der Waals surface area contributed by atoms with Crippen LogP contribution in [0.2, 0.25) is 0 Å². The molecule has 1 nitrogen and oxygen atoms in total. The number of allylic oxidation sites excluding steroid dienone is 2. The van der Waals surface area contributed by atoms with E-state index in [2.05, 4.69) is 20.8 Å². The van der Waals surface area contributed by atoms with Crippen LogP contribution in [0.25, 0.3) is 0 Å². The molecule has 0 saturated heterocycles. The van der Waals surface area contributed by atoms with Crippen molar-refractivity contribution in [3.05, 3.63) is 11.1 Å². The van der Waals surface area contributed by atoms with E-state index < -0.39 is 0 Å². The number of aliphatic hydroxyl groups excluding tert-OH is 1. The van der Waals surface area contributed by atoms with E-state index >= 15 is 0 Å². The minimum absolute atomic E-state index is 0.352. The Labute approximate surface area is 81.9 Å². The second-order valence-electron chi connectivity index (χ2n) is 4.57. The summed E-state index contributed by atoms with van der Waals surface area (Å²) in [5, 5.41) is 8.79. The summed E-state index contributed by atoms with van der Waals surface area (Å²) in [5.41, 5.74) is 3.17. The zero-order valence-electron chi connectivity index (χ0n) is 9.14. The van der Waals surface area contributed by atoms with E-state index in [1.54, 1.807) is 11.1 Å². The maximum Gasteiger partial charge on any atom is 0.0431 e. The van der Waals surface area contributed by atoms with E-state index in [4.69, 9.17) is 5.11 Å². The molecule has 2 atom stereocenters. The van der Waals surface area contributed by atoms with Crippen LogP contribution < -0.4 is 0 Å². The summed E-state index contributed by atoms with van der Waals surface area (Å²) >= 11 is 0. The van der Waals surface area contributed by atoms with Gasteiger partial charge in [0.1, 0.15) is 0 Å². The molecular weight excluding hydrogens is 160 g/mol. The topological polar surface area (TPSA) is 20.2 Å². The lowest BCUT2D eigenvalue weighted by Gasteiger charge is -2.30. The van der Waals surface area contributed by atoms with E-state index in [1.807, 2.05) is 0 Å². The minimum atomic E-state index is 0.352. The molecule has 0 bridgehead atoms. The van der Waals surface area contributed by atoms with Crippen molar-refractivity contribution in [3.63, 3.8) is 0 Å². The third-order valence-electron chi connectivity index (χ3n) is 3.46. The molecule has 0 amide bonds. The van der Waals surface area contributed by atoms with E-state index in [0.717, 1.165) is 18.3 Å². The Morgan fingerprint density at radius 2 is 1.85 bits per heavy atom. The van der Waals surface area contributed by atoms with Crippen LogP contribution in [0.5, 0.6) is 0 Å². The molecule has 0 aliphatic heterocycles. The van der Waals surface area contributed by atoms with Gasteiger partial charge in [0.25, 0.3) is 0 Å². The standard InChI is InChI=1S/C12H22O/c1-9-7-11(3)12(5-4-6-13)8-10(9)2/h11-13H,4-8H2,1-3H3. The zero-order valence-corrected chi connectivity index (χ0v) is 9.14. The molecule has 1 rings (SSSR count). The summed E-state index contributed by atoms with van der Waals surface area (Å²) < 4.78 is 0. The third kappa shape index (κ3) is 2.84. The number of aliphatic hydroxyl groups is 1. The van der Waals surface area contributed by atoms with Crippen LogP contribution in [0.3, 0.4) is 0 Å². The Balaban J connectivity index is 2.49. The van der Waals surface area contributed by atoms with Gasteiger partial charge in [0, 0.05) is 6.61 Å². The van der Waals surface area contributed by atoms with Crippen LogP contribution >= 0.6 is 0 Å². The van der Waals surface area contributed by atoms with Gasteiger partial charge in [0.05, 0.1) is 0 Å². The molecule has 0 saturated carbocycles. The molecular formula is C12H22O. The Bertz CT molecular complexity index is 193. The lowest BCUT2D eigenvalue weighted by molar-refractivity contribution is 0.243. The Kier molecular flexibility index (Phi) is 3.98. The molecule has 2 unspecified atom stereocenters. The van der Waals surface area contributed by atoms with Gasteiger partial charge in [-0.25, -0.2) is 0 Å². The summed E-state index contributed by atoms with van der Waals surface area (Å²) in [6.45, 7) is 7.21. The van der Waals surface area contributed by atoms with Crippen molar-refractivity contribution in [1.29, 1.82) is 0 Å². The van der Waals surface area contributed by atoms with Crippen molar-refractivity contribution in [1.82, 2.24) is 0 Å². The minimum Gasteiger partial charge on any atom is -0.396 e. The molecule has 0 heterocycles. The van der Waals surface area contributed by atoms with Gasteiger partial charge in [-0.15, -0.1) is 0 Å². The normalized spacial score (nSPS) is 29.5. The lowest BCUT2D eigenvalue weighted by atomic mass is 9.76. The second kappa shape index (κ2) is 4.80. The maximum absolute atomic E-state index is 8.79. The maximum atomic E-state index is 8.79. The van der Waals surface area contributed by atoms with E-state index in [9.17, 15) is 0 Å². The van der Waals surface area contributed by atoms with Crippen molar-refractivity contribution in [3.8, 4) is 0 Å². The monoisotopic (exact) mass is 182 g/mol. The summed E-state index contributed by atoms with van der Waals surface area (Å²) in [6.07, 6.45) is 4.69. The van der Waals surface area contributed by atoms with Crippen molar-refractivity contribution in [2.75, 3.05) is 6.61 Å². The molecule has 1 aliphatic carbocycles. The van der Waals surface area contributed by atoms with Crippen LogP contribution in [0.15, 0.2) is 11.1 Å². The number of hydrogen-bond acceptors (Lipinski definition) is 1. The average molecular weight is 182 g/mol. The van der Waals surface area contributed by atoms with E-state index in [-0.39, 0.29) is 0 Å². The molecule has 13 heavy (non-hydrogen) atoms. The Morgan fingerprint density at radius 1 is 1.23 bits per heavy atom. The van der Waals surface area contributed by atoms with Gasteiger partial charge < -0.3 is 5.11 Å². The number of hydrogen-bond donors (Lipinski definition) is 1. The molecule has 0 radical (unpaired) electrons. The van der Waals surface area contributed by atoms with Crippen molar-refractivity contribution in [2.45, 2.75) is 46.5 Å². The number of rotatable bonds is 3. The van der Waals surface area contributed by atoms with Gasteiger partial charge in [-0.3, -0.25) is 0 Å². The molecule has 1 heteroatoms. The smallest absolute Gasteiger partial charge is 0.0431 e. The average Bonchev–Trinajstić information content (AvgIpc) is 2.09. The molecule has 0 spiro atoms. The summed E-state index contributed by atoms with van der Waals surface area (Å²) in [5.74, 6) is 1.63. The van der Waals surface area contributed by atoms with Crippen LogP contribution in [-0.2, 0) is 0 Å². The molecule has 76 valence electrons. The highest BCUT2D eigenvalue weighted by atomic mass is 16.2. The molecule has 0 aromatic carbocycles. The highest BCUT2D eigenvalue weighted by Crippen LogP contribution is 2.35. The molecule has 0 fully saturated rings. The van der Waals surface area contributed by atoms with Gasteiger partial charge in [-0.1, -0.05) is 18.1 Å². The second-order valence-corrected chi connectivity index (χ2v) is 4.57. The van der Waals surface area contributed by atoms with Crippen LogP contribution in [0.4, 0.5) is 0 Å². The first kappa shape index (κ1) is 10.8. The van der Waals surface area contributed by atoms with Gasteiger partial charge in [-0.05, 0) is 51.4 Å². The lowest BCUT2D eigenvalue weighted by Crippen LogP contribution is -2.18. The van der Waals surface area contributed by atoms with Crippen LogP contribution in [0.1, 0.15) is 46.5 Å². The van der Waals surface area contributed by atoms with E-state index in [0.29, 0.717) is 6.61 Å². The van der Waals surface area contributed by atoms with Crippen LogP contribution in [0, 0.1) is 11.8 Å². The highest BCUT2D eigenvalue weighted by Gasteiger charge is 2.22. The highest BCUT2D eigenvalue weighted by molar-refractivity contribution is 5.14. The third-order valence-corrected chi connectivity index (χ3v) is 3.46. The predicted molar refractivity (Wildman–Crippen MR) is 56.6 cm³/mol. The van der Waals surface area contributed by atoms with E-state index in [1.165, 1.54) is 19.3 Å². The fraction of sp³-hybridized carbons (Fsp3) is 0.833. The van der Waals surface area contributed by atoms with Gasteiger partial charge in [0.15, 0.2) is 0 Å². The summed E-state index contributed by atoms with van der Waals surface area (Å²) in [4.78, 5) is 0. The Hall–Kier alpha value is -0.300. The fourth-order valence-corrected chi connectivity index (χ4v) is 2.33. The zero-order chi connectivity index (χ0) is 9.84. The van der Waals surface area contributed by atoms with Crippen molar-refractivity contribution < 1.29 is 5.11 Å². The first-order valence-electron chi connectivity index (χ1n) is 5.41. The predicted octanol–water partition coefficient (Wildman–Crippen LogP) is 3.14. The molecule has 0 aromatic heterocycles. The summed E-state index contributed by atoms with van der Waals surface area (Å²) in [6, 6.07) is 0. The quantitative estimate of drug-likeness (QED) is 0.665. The molecule has 1 aliphatic rings. The van der Waals surface area contributed by atoms with Gasteiger partial charge >= 0.3 is 0 Å². The first-order chi connectivity index (χ1) is 6.15. The van der Waals surface area contributed by atoms with Crippen molar-refractivity contribution in [2.24, 2.45) is 11.8 Å². The van der Waals surface area contributed by atoms with Crippen LogP contribution in [-0.4, -0.2) is 11.7 Å².